The summed E-state index contributed by atoms with van der Waals surface area (Å²) in [7, 11) is 0. The normalized spacial score (nSPS) is 10.7. The first kappa shape index (κ1) is 13.1. The van der Waals surface area contributed by atoms with Crippen molar-refractivity contribution in [1.29, 1.82) is 0 Å². The van der Waals surface area contributed by atoms with Crippen LogP contribution in [0.25, 0.3) is 0 Å². The Labute approximate surface area is 110 Å². The van der Waals surface area contributed by atoms with Gasteiger partial charge < -0.3 is 4.74 Å². The van der Waals surface area contributed by atoms with Gasteiger partial charge in [0.05, 0.1) is 5.56 Å². The van der Waals surface area contributed by atoms with Crippen molar-refractivity contribution in [1.82, 2.24) is 9.97 Å². The minimum absolute atomic E-state index is 0.0552. The molecule has 0 amide bonds. The molecule has 0 aliphatic rings. The van der Waals surface area contributed by atoms with Gasteiger partial charge in [0.25, 0.3) is 5.56 Å². The third-order valence-electron chi connectivity index (χ3n) is 2.73. The Morgan fingerprint density at radius 3 is 2.53 bits per heavy atom. The third-order valence-corrected chi connectivity index (χ3v) is 2.73. The molecule has 19 heavy (non-hydrogen) atoms. The van der Waals surface area contributed by atoms with E-state index in [0.717, 1.165) is 5.56 Å². The summed E-state index contributed by atoms with van der Waals surface area (Å²) >= 11 is 0. The third kappa shape index (κ3) is 2.93. The van der Waals surface area contributed by atoms with Crippen LogP contribution in [0, 0.1) is 6.92 Å². The van der Waals surface area contributed by atoms with Crippen LogP contribution in [0.15, 0.2) is 33.9 Å². The molecule has 0 radical (unpaired) electrons. The summed E-state index contributed by atoms with van der Waals surface area (Å²) in [5, 5.41) is 0. The number of benzene rings is 1. The van der Waals surface area contributed by atoms with Gasteiger partial charge in [-0.05, 0) is 30.5 Å². The molecular formula is C14H16N2O3. The average Bonchev–Trinajstić information content (AvgIpc) is 2.26. The Bertz CT molecular complexity index is 698. The van der Waals surface area contributed by atoms with E-state index >= 15 is 0 Å². The molecule has 5 heteroatoms. The van der Waals surface area contributed by atoms with Crippen molar-refractivity contribution in [2.75, 3.05) is 0 Å². The molecular weight excluding hydrogens is 244 g/mol. The molecule has 5 nitrogen and oxygen atoms in total. The Hall–Kier alpha value is -2.30. The first-order chi connectivity index (χ1) is 8.97. The lowest BCUT2D eigenvalue weighted by Crippen LogP contribution is -2.26. The van der Waals surface area contributed by atoms with Crippen molar-refractivity contribution in [3.8, 4) is 11.6 Å². The maximum Gasteiger partial charge on any atom is 0.328 e. The van der Waals surface area contributed by atoms with E-state index in [-0.39, 0.29) is 11.8 Å². The molecule has 0 saturated carbocycles. The molecule has 100 valence electrons. The lowest BCUT2D eigenvalue weighted by atomic mass is 10.1. The highest BCUT2D eigenvalue weighted by molar-refractivity contribution is 5.34. The Kier molecular flexibility index (Phi) is 3.55. The van der Waals surface area contributed by atoms with Crippen molar-refractivity contribution in [3.63, 3.8) is 0 Å². The van der Waals surface area contributed by atoms with Gasteiger partial charge in [-0.3, -0.25) is 14.8 Å². The standard InChI is InChI=1S/C14H16N2O3/c1-8(2)11-12(17)15-14(18)16-13(11)19-10-6-4-5-9(3)7-10/h4-8H,1-3H3,(H2,15,16,17,18). The molecule has 0 aliphatic heterocycles. The number of aromatic amines is 2. The zero-order valence-electron chi connectivity index (χ0n) is 11.1. The van der Waals surface area contributed by atoms with Crippen LogP contribution in [-0.2, 0) is 0 Å². The second-order valence-electron chi connectivity index (χ2n) is 4.72. The molecule has 2 rings (SSSR count). The summed E-state index contributed by atoms with van der Waals surface area (Å²) in [5.41, 5.74) is 0.482. The van der Waals surface area contributed by atoms with Crippen molar-refractivity contribution < 1.29 is 4.74 Å². The maximum absolute atomic E-state index is 11.8. The molecule has 0 spiro atoms. The predicted molar refractivity (Wildman–Crippen MR) is 73.0 cm³/mol. The molecule has 0 fully saturated rings. The lowest BCUT2D eigenvalue weighted by Gasteiger charge is -2.12. The number of rotatable bonds is 3. The summed E-state index contributed by atoms with van der Waals surface area (Å²) in [6, 6.07) is 7.40. The van der Waals surface area contributed by atoms with Gasteiger partial charge in [0, 0.05) is 0 Å². The predicted octanol–water partition coefficient (Wildman–Crippen LogP) is 2.29. The summed E-state index contributed by atoms with van der Waals surface area (Å²) in [5.74, 6) is 0.734. The van der Waals surface area contributed by atoms with Crippen molar-refractivity contribution in [2.24, 2.45) is 0 Å². The van der Waals surface area contributed by atoms with Gasteiger partial charge in [-0.1, -0.05) is 26.0 Å². The fraction of sp³-hybridized carbons (Fsp3) is 0.286. The smallest absolute Gasteiger partial charge is 0.328 e. The Balaban J connectivity index is 2.50. The van der Waals surface area contributed by atoms with E-state index < -0.39 is 11.2 Å². The van der Waals surface area contributed by atoms with Crippen LogP contribution in [0.2, 0.25) is 0 Å². The molecule has 2 aromatic rings. The molecule has 1 aromatic carbocycles. The van der Waals surface area contributed by atoms with Crippen LogP contribution in [0.3, 0.4) is 0 Å². The van der Waals surface area contributed by atoms with Gasteiger partial charge in [0.15, 0.2) is 0 Å². The molecule has 0 saturated heterocycles. The van der Waals surface area contributed by atoms with Crippen molar-refractivity contribution in [3.05, 3.63) is 56.2 Å². The second-order valence-corrected chi connectivity index (χ2v) is 4.72. The molecule has 0 atom stereocenters. The Morgan fingerprint density at radius 1 is 1.16 bits per heavy atom. The minimum Gasteiger partial charge on any atom is -0.440 e. The van der Waals surface area contributed by atoms with E-state index in [2.05, 4.69) is 9.97 Å². The van der Waals surface area contributed by atoms with E-state index in [9.17, 15) is 9.59 Å². The van der Waals surface area contributed by atoms with Gasteiger partial charge in [-0.2, -0.15) is 0 Å². The number of aromatic nitrogens is 2. The molecule has 1 aromatic heterocycles. The molecule has 0 aliphatic carbocycles. The van der Waals surface area contributed by atoms with Gasteiger partial charge in [0.1, 0.15) is 5.75 Å². The van der Waals surface area contributed by atoms with Gasteiger partial charge in [-0.15, -0.1) is 0 Å². The topological polar surface area (TPSA) is 75.0 Å². The zero-order valence-corrected chi connectivity index (χ0v) is 11.1. The number of aryl methyl sites for hydroxylation is 1. The van der Waals surface area contributed by atoms with Gasteiger partial charge in [-0.25, -0.2) is 4.79 Å². The van der Waals surface area contributed by atoms with Crippen LogP contribution in [-0.4, -0.2) is 9.97 Å². The molecule has 0 unspecified atom stereocenters. The summed E-state index contributed by atoms with van der Waals surface area (Å²) in [6.45, 7) is 5.68. The number of hydrogen-bond acceptors (Lipinski definition) is 3. The maximum atomic E-state index is 11.8. The van der Waals surface area contributed by atoms with E-state index in [1.165, 1.54) is 0 Å². The lowest BCUT2D eigenvalue weighted by molar-refractivity contribution is 0.447. The molecule has 1 heterocycles. The highest BCUT2D eigenvalue weighted by atomic mass is 16.5. The van der Waals surface area contributed by atoms with Crippen LogP contribution < -0.4 is 16.0 Å². The fourth-order valence-electron chi connectivity index (χ4n) is 1.88. The van der Waals surface area contributed by atoms with Crippen LogP contribution in [0.5, 0.6) is 11.6 Å². The average molecular weight is 260 g/mol. The van der Waals surface area contributed by atoms with E-state index in [1.54, 1.807) is 6.07 Å². The quantitative estimate of drug-likeness (QED) is 0.889. The molecule has 0 bridgehead atoms. The fourth-order valence-corrected chi connectivity index (χ4v) is 1.88. The second kappa shape index (κ2) is 5.14. The van der Waals surface area contributed by atoms with Gasteiger partial charge in [0.2, 0.25) is 5.88 Å². The monoisotopic (exact) mass is 260 g/mol. The summed E-state index contributed by atoms with van der Waals surface area (Å²) in [4.78, 5) is 27.9. The van der Waals surface area contributed by atoms with Crippen LogP contribution >= 0.6 is 0 Å². The Morgan fingerprint density at radius 2 is 1.89 bits per heavy atom. The SMILES string of the molecule is Cc1cccc(Oc2[nH]c(=O)[nH]c(=O)c2C(C)C)c1. The summed E-state index contributed by atoms with van der Waals surface area (Å²) < 4.78 is 5.64. The molecule has 2 N–H and O–H groups in total. The largest absolute Gasteiger partial charge is 0.440 e. The first-order valence-electron chi connectivity index (χ1n) is 6.08. The highest BCUT2D eigenvalue weighted by Gasteiger charge is 2.15. The van der Waals surface area contributed by atoms with Gasteiger partial charge >= 0.3 is 5.69 Å². The van der Waals surface area contributed by atoms with Crippen LogP contribution in [0.4, 0.5) is 0 Å². The number of ether oxygens (including phenoxy) is 1. The first-order valence-corrected chi connectivity index (χ1v) is 6.08. The van der Waals surface area contributed by atoms with Crippen LogP contribution in [0.1, 0.15) is 30.9 Å². The van der Waals surface area contributed by atoms with E-state index in [0.29, 0.717) is 11.3 Å². The number of hydrogen-bond donors (Lipinski definition) is 2. The van der Waals surface area contributed by atoms with Crippen molar-refractivity contribution >= 4 is 0 Å². The zero-order chi connectivity index (χ0) is 14.0. The van der Waals surface area contributed by atoms with Crippen molar-refractivity contribution in [2.45, 2.75) is 26.7 Å². The number of H-pyrrole nitrogens is 2. The highest BCUT2D eigenvalue weighted by Crippen LogP contribution is 2.25. The van der Waals surface area contributed by atoms with E-state index in [4.69, 9.17) is 4.74 Å². The minimum atomic E-state index is -0.572. The number of nitrogens with one attached hydrogen (secondary N) is 2. The summed E-state index contributed by atoms with van der Waals surface area (Å²) in [6.07, 6.45) is 0. The van der Waals surface area contributed by atoms with E-state index in [1.807, 2.05) is 39.0 Å².